The van der Waals surface area contributed by atoms with Gasteiger partial charge in [0.15, 0.2) is 0 Å². The van der Waals surface area contributed by atoms with Crippen molar-refractivity contribution < 1.29 is 4.74 Å². The number of nitrogens with zero attached hydrogens (tertiary/aromatic N) is 1. The summed E-state index contributed by atoms with van der Waals surface area (Å²) in [6.45, 7) is 3.79. The first-order valence-electron chi connectivity index (χ1n) is 5.83. The molecule has 3 nitrogen and oxygen atoms in total. The van der Waals surface area contributed by atoms with E-state index in [-0.39, 0.29) is 13.5 Å². The molecule has 1 aliphatic heterocycles. The van der Waals surface area contributed by atoms with Crippen molar-refractivity contribution in [2.24, 2.45) is 5.73 Å². The lowest BCUT2D eigenvalue weighted by atomic mass is 9.95. The lowest BCUT2D eigenvalue weighted by molar-refractivity contribution is 0.160. The quantitative estimate of drug-likeness (QED) is 0.864. The Morgan fingerprint density at radius 2 is 2.00 bits per heavy atom. The van der Waals surface area contributed by atoms with Crippen LogP contribution in [-0.4, -0.2) is 44.3 Å². The molecule has 1 aliphatic rings. The molecule has 2 rings (SSSR count). The van der Waals surface area contributed by atoms with Gasteiger partial charge < -0.3 is 10.5 Å². The molecule has 1 saturated heterocycles. The van der Waals surface area contributed by atoms with Gasteiger partial charge in [-0.1, -0.05) is 37.8 Å². The Hall–Kier alpha value is -0.900. The zero-order valence-electron chi connectivity index (χ0n) is 9.80. The molecule has 0 amide bonds. The highest BCUT2D eigenvalue weighted by atomic mass is 16.5. The summed E-state index contributed by atoms with van der Waals surface area (Å²) >= 11 is 0. The molecular weight excluding hydrogens is 212 g/mol. The van der Waals surface area contributed by atoms with E-state index in [0.717, 1.165) is 26.2 Å². The fraction of sp³-hybridized carbons (Fsp3) is 0.571. The molecule has 96 valence electrons. The second kappa shape index (κ2) is 6.74. The number of methoxy groups -OCH3 is 1. The molecule has 1 fully saturated rings. The molecule has 0 bridgehead atoms. The number of ether oxygens (including phenoxy) is 1. The number of nitrogens with two attached hydrogens (primary N) is 1. The Labute approximate surface area is 105 Å². The van der Waals surface area contributed by atoms with Gasteiger partial charge in [-0.15, -0.1) is 0 Å². The number of benzene rings is 1. The van der Waals surface area contributed by atoms with Crippen molar-refractivity contribution in [3.63, 3.8) is 0 Å². The predicted molar refractivity (Wildman–Crippen MR) is 72.2 cm³/mol. The Kier molecular flexibility index (Phi) is 5.62. The monoisotopic (exact) mass is 236 g/mol. The highest BCUT2D eigenvalue weighted by molar-refractivity contribution is 5.23. The molecule has 0 saturated carbocycles. The van der Waals surface area contributed by atoms with Crippen molar-refractivity contribution in [3.05, 3.63) is 35.9 Å². The lowest BCUT2D eigenvalue weighted by Gasteiger charge is -2.15. The van der Waals surface area contributed by atoms with Gasteiger partial charge in [0.25, 0.3) is 0 Å². The van der Waals surface area contributed by atoms with Gasteiger partial charge in [0, 0.05) is 38.7 Å². The number of rotatable bonds is 4. The second-order valence-electron chi connectivity index (χ2n) is 4.43. The Morgan fingerprint density at radius 1 is 1.29 bits per heavy atom. The van der Waals surface area contributed by atoms with E-state index in [0.29, 0.717) is 5.92 Å². The summed E-state index contributed by atoms with van der Waals surface area (Å²) in [4.78, 5) is 2.38. The van der Waals surface area contributed by atoms with E-state index in [4.69, 9.17) is 10.5 Å². The summed E-state index contributed by atoms with van der Waals surface area (Å²) in [5, 5.41) is 0. The summed E-state index contributed by atoms with van der Waals surface area (Å²) < 4.78 is 5.10. The van der Waals surface area contributed by atoms with Crippen LogP contribution in [-0.2, 0) is 4.74 Å². The molecule has 2 N–H and O–H groups in total. The van der Waals surface area contributed by atoms with Crippen molar-refractivity contribution in [1.82, 2.24) is 4.90 Å². The summed E-state index contributed by atoms with van der Waals surface area (Å²) in [5.41, 5.74) is 7.55. The molecule has 17 heavy (non-hydrogen) atoms. The fourth-order valence-electron chi connectivity index (χ4n) is 2.37. The van der Waals surface area contributed by atoms with Crippen LogP contribution >= 0.6 is 0 Å². The van der Waals surface area contributed by atoms with Crippen molar-refractivity contribution in [2.75, 3.05) is 33.4 Å². The third-order valence-electron chi connectivity index (χ3n) is 3.28. The summed E-state index contributed by atoms with van der Waals surface area (Å²) in [5.74, 6) is 0.470. The van der Waals surface area contributed by atoms with Gasteiger partial charge in [-0.25, -0.2) is 0 Å². The van der Waals surface area contributed by atoms with E-state index < -0.39 is 0 Å². The van der Waals surface area contributed by atoms with Gasteiger partial charge in [-0.3, -0.25) is 4.90 Å². The fourth-order valence-corrected chi connectivity index (χ4v) is 2.37. The first-order chi connectivity index (χ1) is 7.81. The van der Waals surface area contributed by atoms with Crippen LogP contribution in [0.3, 0.4) is 0 Å². The zero-order valence-corrected chi connectivity index (χ0v) is 9.80. The molecule has 0 aromatic heterocycles. The minimum atomic E-state index is 0. The van der Waals surface area contributed by atoms with E-state index in [1.165, 1.54) is 5.56 Å². The van der Waals surface area contributed by atoms with Gasteiger partial charge in [-0.2, -0.15) is 0 Å². The summed E-state index contributed by atoms with van der Waals surface area (Å²) in [6, 6.07) is 10.8. The minimum absolute atomic E-state index is 0. The van der Waals surface area contributed by atoms with Crippen LogP contribution < -0.4 is 5.73 Å². The van der Waals surface area contributed by atoms with E-state index in [9.17, 15) is 0 Å². The summed E-state index contributed by atoms with van der Waals surface area (Å²) in [7, 11) is 1.74. The molecule has 3 heteroatoms. The van der Waals surface area contributed by atoms with Crippen molar-refractivity contribution in [2.45, 2.75) is 19.4 Å². The van der Waals surface area contributed by atoms with Crippen molar-refractivity contribution >= 4 is 0 Å². The molecular formula is C14H24N2O. The standard InChI is InChI=1S/C13H20N2O.CH4/c1-16-8-7-15-9-12(13(14)10-15)11-5-3-2-4-6-11;/h2-6,12-13H,7-10,14H2,1H3;1H4/t12-,13+;/m0./s1. The number of hydrogen-bond acceptors (Lipinski definition) is 3. The van der Waals surface area contributed by atoms with Gasteiger partial charge >= 0.3 is 0 Å². The van der Waals surface area contributed by atoms with Crippen molar-refractivity contribution in [1.29, 1.82) is 0 Å². The number of likely N-dealkylation sites (tertiary alicyclic amines) is 1. The number of hydrogen-bond donors (Lipinski definition) is 1. The van der Waals surface area contributed by atoms with Gasteiger partial charge in [0.1, 0.15) is 0 Å². The molecule has 1 aromatic rings. The molecule has 0 spiro atoms. The molecule has 0 unspecified atom stereocenters. The lowest BCUT2D eigenvalue weighted by Crippen LogP contribution is -2.30. The maximum absolute atomic E-state index is 6.19. The average molecular weight is 236 g/mol. The highest BCUT2D eigenvalue weighted by Gasteiger charge is 2.30. The smallest absolute Gasteiger partial charge is 0.0589 e. The Morgan fingerprint density at radius 3 is 2.65 bits per heavy atom. The zero-order chi connectivity index (χ0) is 11.4. The second-order valence-corrected chi connectivity index (χ2v) is 4.43. The molecule has 1 heterocycles. The van der Waals surface area contributed by atoms with E-state index in [1.54, 1.807) is 7.11 Å². The summed E-state index contributed by atoms with van der Waals surface area (Å²) in [6.07, 6.45) is 0. The van der Waals surface area contributed by atoms with Crippen LogP contribution in [0.15, 0.2) is 30.3 Å². The van der Waals surface area contributed by atoms with Crippen LogP contribution in [0, 0.1) is 0 Å². The third kappa shape index (κ3) is 3.53. The molecule has 0 radical (unpaired) electrons. The molecule has 0 aliphatic carbocycles. The van der Waals surface area contributed by atoms with Gasteiger partial charge in [0.2, 0.25) is 0 Å². The predicted octanol–water partition coefficient (Wildman–Crippen LogP) is 1.70. The SMILES string of the molecule is C.COCCN1C[C@@H](N)[C@H](c2ccccc2)C1. The minimum Gasteiger partial charge on any atom is -0.383 e. The topological polar surface area (TPSA) is 38.5 Å². The first kappa shape index (κ1) is 14.2. The Balaban J connectivity index is 0.00000144. The third-order valence-corrected chi connectivity index (χ3v) is 3.28. The van der Waals surface area contributed by atoms with Crippen molar-refractivity contribution in [3.8, 4) is 0 Å². The van der Waals surface area contributed by atoms with Crippen LogP contribution in [0.5, 0.6) is 0 Å². The van der Waals surface area contributed by atoms with Crippen LogP contribution in [0.2, 0.25) is 0 Å². The van der Waals surface area contributed by atoms with Crippen LogP contribution in [0.1, 0.15) is 18.9 Å². The first-order valence-corrected chi connectivity index (χ1v) is 5.83. The van der Waals surface area contributed by atoms with E-state index in [2.05, 4.69) is 29.2 Å². The highest BCUT2D eigenvalue weighted by Crippen LogP contribution is 2.25. The van der Waals surface area contributed by atoms with Gasteiger partial charge in [0.05, 0.1) is 6.61 Å². The normalized spacial score (nSPS) is 24.6. The van der Waals surface area contributed by atoms with Crippen LogP contribution in [0.4, 0.5) is 0 Å². The molecule has 2 atom stereocenters. The Bertz CT molecular complexity index is 315. The average Bonchev–Trinajstić information content (AvgIpc) is 2.69. The van der Waals surface area contributed by atoms with Crippen LogP contribution in [0.25, 0.3) is 0 Å². The maximum atomic E-state index is 6.19. The largest absolute Gasteiger partial charge is 0.383 e. The van der Waals surface area contributed by atoms with E-state index >= 15 is 0 Å². The van der Waals surface area contributed by atoms with Gasteiger partial charge in [-0.05, 0) is 5.56 Å². The van der Waals surface area contributed by atoms with E-state index in [1.807, 2.05) is 6.07 Å². The maximum Gasteiger partial charge on any atom is 0.0589 e. The molecule has 1 aromatic carbocycles.